The molecule has 2 N–H and O–H groups in total. The average molecular weight is 203 g/mol. The first-order chi connectivity index (χ1) is 7.24. The molecule has 0 aliphatic heterocycles. The maximum Gasteiger partial charge on any atom is 0.324 e. The minimum Gasteiger partial charge on any atom is -0.351 e. The quantitative estimate of drug-likeness (QED) is 0.810. The molecule has 4 heteroatoms. The molecule has 0 atom stereocenters. The Kier molecular flexibility index (Phi) is 2.41. The van der Waals surface area contributed by atoms with Crippen molar-refractivity contribution in [2.45, 2.75) is 19.8 Å². The van der Waals surface area contributed by atoms with Crippen molar-refractivity contribution in [2.24, 2.45) is 5.73 Å². The van der Waals surface area contributed by atoms with E-state index in [0.717, 1.165) is 29.7 Å². The van der Waals surface area contributed by atoms with E-state index in [2.05, 4.69) is 4.98 Å². The van der Waals surface area contributed by atoms with E-state index in [-0.39, 0.29) is 0 Å². The minimum atomic E-state index is -0.466. The number of carbonyl (C=O) groups is 1. The maximum absolute atomic E-state index is 11.3. The van der Waals surface area contributed by atoms with E-state index in [1.807, 2.05) is 31.2 Å². The SMILES string of the molecule is CCCc1nc2ccccc2n1C(N)=O. The number of aryl methyl sites for hydroxylation is 1. The first-order valence-electron chi connectivity index (χ1n) is 5.00. The molecule has 15 heavy (non-hydrogen) atoms. The Bertz CT molecular complexity index is 502. The van der Waals surface area contributed by atoms with Gasteiger partial charge in [0.25, 0.3) is 0 Å². The second-order valence-corrected chi connectivity index (χ2v) is 3.44. The summed E-state index contributed by atoms with van der Waals surface area (Å²) in [5.74, 6) is 0.742. The Balaban J connectivity index is 2.69. The third-order valence-corrected chi connectivity index (χ3v) is 2.32. The lowest BCUT2D eigenvalue weighted by Crippen LogP contribution is -2.21. The highest BCUT2D eigenvalue weighted by molar-refractivity contribution is 5.89. The van der Waals surface area contributed by atoms with E-state index in [0.29, 0.717) is 0 Å². The molecule has 1 aromatic heterocycles. The number of hydrogen-bond acceptors (Lipinski definition) is 2. The zero-order valence-corrected chi connectivity index (χ0v) is 8.60. The van der Waals surface area contributed by atoms with Gasteiger partial charge in [-0.05, 0) is 18.6 Å². The number of fused-ring (bicyclic) bond motifs is 1. The lowest BCUT2D eigenvalue weighted by molar-refractivity contribution is 0.250. The Morgan fingerprint density at radius 2 is 2.20 bits per heavy atom. The first-order valence-corrected chi connectivity index (χ1v) is 5.00. The molecule has 2 aromatic rings. The van der Waals surface area contributed by atoms with Gasteiger partial charge in [-0.2, -0.15) is 0 Å². The molecule has 0 unspecified atom stereocenters. The number of hydrogen-bond donors (Lipinski definition) is 1. The summed E-state index contributed by atoms with van der Waals surface area (Å²) in [7, 11) is 0. The number of nitrogens with two attached hydrogens (primary N) is 1. The number of primary amides is 1. The van der Waals surface area contributed by atoms with Gasteiger partial charge in [0, 0.05) is 6.42 Å². The summed E-state index contributed by atoms with van der Waals surface area (Å²) in [5.41, 5.74) is 6.94. The predicted octanol–water partition coefficient (Wildman–Crippen LogP) is 1.92. The molecule has 1 amide bonds. The van der Waals surface area contributed by atoms with Crippen LogP contribution in [0.3, 0.4) is 0 Å². The van der Waals surface area contributed by atoms with Crippen molar-refractivity contribution in [1.29, 1.82) is 0 Å². The van der Waals surface area contributed by atoms with Crippen LogP contribution in [0, 0.1) is 0 Å². The number of carbonyl (C=O) groups excluding carboxylic acids is 1. The fraction of sp³-hybridized carbons (Fsp3) is 0.273. The van der Waals surface area contributed by atoms with Crippen molar-refractivity contribution in [1.82, 2.24) is 9.55 Å². The number of benzene rings is 1. The summed E-state index contributed by atoms with van der Waals surface area (Å²) in [6.45, 7) is 2.05. The number of aromatic nitrogens is 2. The van der Waals surface area contributed by atoms with E-state index in [1.54, 1.807) is 0 Å². The van der Waals surface area contributed by atoms with Gasteiger partial charge in [0.1, 0.15) is 5.82 Å². The van der Waals surface area contributed by atoms with Crippen molar-refractivity contribution in [2.75, 3.05) is 0 Å². The van der Waals surface area contributed by atoms with Gasteiger partial charge in [-0.3, -0.25) is 0 Å². The molecule has 0 spiro atoms. The number of imidazole rings is 1. The lowest BCUT2D eigenvalue weighted by Gasteiger charge is -2.01. The molecule has 0 saturated carbocycles. The van der Waals surface area contributed by atoms with Gasteiger partial charge in [-0.25, -0.2) is 14.3 Å². The van der Waals surface area contributed by atoms with Crippen LogP contribution in [0.4, 0.5) is 4.79 Å². The molecule has 4 nitrogen and oxygen atoms in total. The van der Waals surface area contributed by atoms with Crippen LogP contribution >= 0.6 is 0 Å². The van der Waals surface area contributed by atoms with Crippen LogP contribution in [0.2, 0.25) is 0 Å². The molecule has 0 bridgehead atoms. The zero-order chi connectivity index (χ0) is 10.8. The van der Waals surface area contributed by atoms with E-state index in [1.165, 1.54) is 4.57 Å². The van der Waals surface area contributed by atoms with E-state index >= 15 is 0 Å². The van der Waals surface area contributed by atoms with Crippen LogP contribution in [-0.2, 0) is 6.42 Å². The van der Waals surface area contributed by atoms with Crippen LogP contribution in [0.1, 0.15) is 19.2 Å². The highest BCUT2D eigenvalue weighted by Crippen LogP contribution is 2.16. The van der Waals surface area contributed by atoms with Crippen molar-refractivity contribution >= 4 is 17.1 Å². The topological polar surface area (TPSA) is 60.9 Å². The monoisotopic (exact) mass is 203 g/mol. The lowest BCUT2D eigenvalue weighted by atomic mass is 10.3. The highest BCUT2D eigenvalue weighted by Gasteiger charge is 2.12. The van der Waals surface area contributed by atoms with Gasteiger partial charge < -0.3 is 5.73 Å². The Hall–Kier alpha value is -1.84. The summed E-state index contributed by atoms with van der Waals surface area (Å²) >= 11 is 0. The second kappa shape index (κ2) is 3.73. The van der Waals surface area contributed by atoms with Crippen molar-refractivity contribution < 1.29 is 4.79 Å². The van der Waals surface area contributed by atoms with Crippen LogP contribution < -0.4 is 5.73 Å². The molecule has 1 aromatic carbocycles. The maximum atomic E-state index is 11.3. The highest BCUT2D eigenvalue weighted by atomic mass is 16.2. The normalized spacial score (nSPS) is 10.7. The van der Waals surface area contributed by atoms with Crippen molar-refractivity contribution in [3.05, 3.63) is 30.1 Å². The number of amides is 1. The van der Waals surface area contributed by atoms with Gasteiger partial charge >= 0.3 is 6.03 Å². The van der Waals surface area contributed by atoms with Crippen molar-refractivity contribution in [3.63, 3.8) is 0 Å². The Morgan fingerprint density at radius 1 is 1.47 bits per heavy atom. The molecule has 1 heterocycles. The van der Waals surface area contributed by atoms with Crippen molar-refractivity contribution in [3.8, 4) is 0 Å². The first kappa shape index (κ1) is 9.71. The number of rotatable bonds is 2. The fourth-order valence-corrected chi connectivity index (χ4v) is 1.71. The van der Waals surface area contributed by atoms with Crippen LogP contribution in [0.25, 0.3) is 11.0 Å². The molecule has 0 aliphatic rings. The van der Waals surface area contributed by atoms with E-state index in [4.69, 9.17) is 5.73 Å². The third kappa shape index (κ3) is 1.58. The van der Waals surface area contributed by atoms with Crippen LogP contribution in [-0.4, -0.2) is 15.6 Å². The van der Waals surface area contributed by atoms with Gasteiger partial charge in [-0.15, -0.1) is 0 Å². The number of para-hydroxylation sites is 2. The summed E-state index contributed by atoms with van der Waals surface area (Å²) < 4.78 is 1.48. The number of nitrogens with zero attached hydrogens (tertiary/aromatic N) is 2. The average Bonchev–Trinajstić information content (AvgIpc) is 2.56. The molecule has 0 saturated heterocycles. The van der Waals surface area contributed by atoms with Crippen LogP contribution in [0.15, 0.2) is 24.3 Å². The zero-order valence-electron chi connectivity index (χ0n) is 8.60. The molecule has 2 rings (SSSR count). The summed E-state index contributed by atoms with van der Waals surface area (Å²) in [4.78, 5) is 15.7. The molecule has 78 valence electrons. The van der Waals surface area contributed by atoms with E-state index in [9.17, 15) is 4.79 Å². The summed E-state index contributed by atoms with van der Waals surface area (Å²) in [5, 5.41) is 0. The molecular weight excluding hydrogens is 190 g/mol. The fourth-order valence-electron chi connectivity index (χ4n) is 1.71. The summed E-state index contributed by atoms with van der Waals surface area (Å²) in [6.07, 6.45) is 1.70. The molecule has 0 radical (unpaired) electrons. The van der Waals surface area contributed by atoms with Gasteiger partial charge in [-0.1, -0.05) is 19.1 Å². The predicted molar refractivity (Wildman–Crippen MR) is 58.7 cm³/mol. The van der Waals surface area contributed by atoms with Gasteiger partial charge in [0.05, 0.1) is 11.0 Å². The molecule has 0 aliphatic carbocycles. The van der Waals surface area contributed by atoms with E-state index < -0.39 is 6.03 Å². The van der Waals surface area contributed by atoms with Crippen LogP contribution in [0.5, 0.6) is 0 Å². The second-order valence-electron chi connectivity index (χ2n) is 3.44. The smallest absolute Gasteiger partial charge is 0.324 e. The third-order valence-electron chi connectivity index (χ3n) is 2.32. The van der Waals surface area contributed by atoms with Gasteiger partial charge in [0.15, 0.2) is 0 Å². The van der Waals surface area contributed by atoms with Gasteiger partial charge in [0.2, 0.25) is 0 Å². The largest absolute Gasteiger partial charge is 0.351 e. The Morgan fingerprint density at radius 3 is 2.87 bits per heavy atom. The standard InChI is InChI=1S/C11H13N3O/c1-2-5-10-13-8-6-3-4-7-9(8)14(10)11(12)15/h3-4,6-7H,2,5H2,1H3,(H2,12,15). The summed E-state index contributed by atoms with van der Waals surface area (Å²) in [6, 6.07) is 7.04. The molecular formula is C11H13N3O. The molecule has 0 fully saturated rings. The minimum absolute atomic E-state index is 0.466. The Labute approximate surface area is 87.7 Å².